The molecule has 0 unspecified atom stereocenters. The smallest absolute Gasteiger partial charge is 0.137 e. The number of ether oxygens (including phenoxy) is 1. The molecule has 0 aliphatic rings. The molecule has 65 heavy (non-hydrogen) atoms. The van der Waals surface area contributed by atoms with Gasteiger partial charge in [-0.1, -0.05) is 138 Å². The number of hydrogen-bond donors (Lipinski definition) is 1. The van der Waals surface area contributed by atoms with Crippen molar-refractivity contribution >= 4 is 44.6 Å². The maximum absolute atomic E-state index is 7.02. The molecular weight excluding hydrogens is 793 g/mol. The normalized spacial score (nSPS) is 12.5. The SMILES string of the molecule is Cc1cccc(C)c1-c1cc(Oc2cccc(N(C)c3ccc(C(C)(C)C)cc3Nc3cc(C(C)(C)C)cc(C(C)(C)C)c3)c2)cc2c1c1ccccc1n2-c1cc(C(C)(C)C)ccn1. The van der Waals surface area contributed by atoms with Gasteiger partial charge >= 0.3 is 0 Å². The molecule has 0 spiro atoms. The highest BCUT2D eigenvalue weighted by molar-refractivity contribution is 6.16. The van der Waals surface area contributed by atoms with Crippen molar-refractivity contribution in [1.29, 1.82) is 0 Å². The van der Waals surface area contributed by atoms with E-state index in [1.54, 1.807) is 0 Å². The fraction of sp³-hybridized carbons (Fsp3) is 0.317. The van der Waals surface area contributed by atoms with Crippen molar-refractivity contribution in [2.75, 3.05) is 17.3 Å². The molecule has 0 aliphatic heterocycles. The third-order valence-electron chi connectivity index (χ3n) is 12.9. The topological polar surface area (TPSA) is 42.3 Å². The number of aromatic nitrogens is 2. The second-order valence-electron chi connectivity index (χ2n) is 22.2. The van der Waals surface area contributed by atoms with Gasteiger partial charge in [0, 0.05) is 47.5 Å². The van der Waals surface area contributed by atoms with Gasteiger partial charge in [-0.3, -0.25) is 4.57 Å². The van der Waals surface area contributed by atoms with E-state index in [0.717, 1.165) is 56.7 Å². The Hall–Kier alpha value is -6.33. The Morgan fingerprint density at radius 2 is 1.15 bits per heavy atom. The molecule has 0 fully saturated rings. The summed E-state index contributed by atoms with van der Waals surface area (Å²) >= 11 is 0. The lowest BCUT2D eigenvalue weighted by atomic mass is 9.80. The minimum atomic E-state index is -0.0368. The molecule has 0 radical (unpaired) electrons. The van der Waals surface area contributed by atoms with E-state index in [0.29, 0.717) is 0 Å². The van der Waals surface area contributed by atoms with Crippen molar-refractivity contribution in [3.05, 3.63) is 167 Å². The first-order valence-corrected chi connectivity index (χ1v) is 23.2. The van der Waals surface area contributed by atoms with Gasteiger partial charge in [0.1, 0.15) is 17.3 Å². The highest BCUT2D eigenvalue weighted by Crippen LogP contribution is 2.45. The highest BCUT2D eigenvalue weighted by atomic mass is 16.5. The fourth-order valence-electron chi connectivity index (χ4n) is 8.97. The Morgan fingerprint density at radius 3 is 1.80 bits per heavy atom. The Balaban J connectivity index is 1.25. The molecule has 6 aromatic carbocycles. The summed E-state index contributed by atoms with van der Waals surface area (Å²) in [4.78, 5) is 7.26. The molecule has 0 atom stereocenters. The van der Waals surface area contributed by atoms with Gasteiger partial charge in [0.05, 0.1) is 22.4 Å². The summed E-state index contributed by atoms with van der Waals surface area (Å²) in [7, 11) is 2.14. The number of para-hydroxylation sites is 1. The molecule has 0 saturated heterocycles. The van der Waals surface area contributed by atoms with Gasteiger partial charge in [0.2, 0.25) is 0 Å². The molecule has 0 bridgehead atoms. The third kappa shape index (κ3) is 9.16. The molecular formula is C60H68N4O. The average molecular weight is 861 g/mol. The summed E-state index contributed by atoms with van der Waals surface area (Å²) in [5.74, 6) is 2.40. The average Bonchev–Trinajstić information content (AvgIpc) is 3.56. The molecule has 5 nitrogen and oxygen atoms in total. The van der Waals surface area contributed by atoms with E-state index < -0.39 is 0 Å². The Morgan fingerprint density at radius 1 is 0.538 bits per heavy atom. The molecule has 334 valence electrons. The van der Waals surface area contributed by atoms with Crippen molar-refractivity contribution in [3.8, 4) is 28.4 Å². The standard InChI is InChI=1S/C60H68N4O/c1-38-20-18-21-39(2)55(38)49-36-47(37-53-56(49)48-24-16-17-25-51(48)64(53)54-34-41(28-29-61-54)58(6,7)8)65-46-23-19-22-45(35-46)63(15)52-27-26-40(57(3,4)5)33-50(52)62-44-31-42(59(9,10)11)30-43(32-44)60(12,13)14/h16-37,62H,1-15H3. The summed E-state index contributed by atoms with van der Waals surface area (Å²) < 4.78 is 9.33. The summed E-state index contributed by atoms with van der Waals surface area (Å²) in [6, 6.07) is 46.3. The van der Waals surface area contributed by atoms with Crippen LogP contribution in [0.15, 0.2) is 134 Å². The first-order chi connectivity index (χ1) is 30.5. The van der Waals surface area contributed by atoms with E-state index in [1.807, 2.05) is 6.20 Å². The van der Waals surface area contributed by atoms with Gasteiger partial charge < -0.3 is 15.0 Å². The van der Waals surface area contributed by atoms with Crippen LogP contribution < -0.4 is 15.0 Å². The zero-order valence-corrected chi connectivity index (χ0v) is 41.5. The van der Waals surface area contributed by atoms with Gasteiger partial charge in [0.15, 0.2) is 0 Å². The third-order valence-corrected chi connectivity index (χ3v) is 12.9. The molecule has 8 aromatic rings. The van der Waals surface area contributed by atoms with Crippen LogP contribution in [0.4, 0.5) is 22.7 Å². The predicted molar refractivity (Wildman–Crippen MR) is 279 cm³/mol. The van der Waals surface area contributed by atoms with Crippen molar-refractivity contribution in [2.45, 2.75) is 119 Å². The van der Waals surface area contributed by atoms with E-state index >= 15 is 0 Å². The minimum Gasteiger partial charge on any atom is -0.457 e. The molecule has 1 N–H and O–H groups in total. The maximum atomic E-state index is 7.02. The molecule has 0 aliphatic carbocycles. The molecule has 0 saturated carbocycles. The quantitative estimate of drug-likeness (QED) is 0.165. The van der Waals surface area contributed by atoms with Crippen molar-refractivity contribution in [3.63, 3.8) is 0 Å². The number of benzene rings is 6. The molecule has 0 amide bonds. The first kappa shape index (κ1) is 45.2. The monoisotopic (exact) mass is 861 g/mol. The van der Waals surface area contributed by atoms with Gasteiger partial charge in [-0.05, 0) is 141 Å². The van der Waals surface area contributed by atoms with Crippen LogP contribution in [-0.2, 0) is 21.7 Å². The number of nitrogens with zero attached hydrogens (tertiary/aromatic N) is 3. The van der Waals surface area contributed by atoms with Gasteiger partial charge in [-0.15, -0.1) is 0 Å². The summed E-state index contributed by atoms with van der Waals surface area (Å²) in [5.41, 5.74) is 16.3. The highest BCUT2D eigenvalue weighted by Gasteiger charge is 2.25. The lowest BCUT2D eigenvalue weighted by Gasteiger charge is -2.29. The number of aryl methyl sites for hydroxylation is 2. The van der Waals surface area contributed by atoms with E-state index in [-0.39, 0.29) is 21.7 Å². The van der Waals surface area contributed by atoms with Crippen LogP contribution in [0.2, 0.25) is 0 Å². The van der Waals surface area contributed by atoms with Gasteiger partial charge in [-0.25, -0.2) is 4.98 Å². The van der Waals surface area contributed by atoms with Gasteiger partial charge in [0.25, 0.3) is 0 Å². The van der Waals surface area contributed by atoms with Crippen LogP contribution in [0.3, 0.4) is 0 Å². The van der Waals surface area contributed by atoms with Crippen molar-refractivity contribution < 1.29 is 4.74 Å². The van der Waals surface area contributed by atoms with Crippen LogP contribution in [0.5, 0.6) is 11.5 Å². The Labute approximate surface area is 388 Å². The zero-order valence-electron chi connectivity index (χ0n) is 41.5. The van der Waals surface area contributed by atoms with E-state index in [1.165, 1.54) is 49.7 Å². The minimum absolute atomic E-state index is 0.000148. The van der Waals surface area contributed by atoms with Crippen LogP contribution in [0, 0.1) is 13.8 Å². The molecule has 8 rings (SSSR count). The number of nitrogens with one attached hydrogen (secondary N) is 1. The van der Waals surface area contributed by atoms with E-state index in [2.05, 4.69) is 246 Å². The second-order valence-corrected chi connectivity index (χ2v) is 22.2. The summed E-state index contributed by atoms with van der Waals surface area (Å²) in [6.45, 7) is 31.7. The second kappa shape index (κ2) is 16.6. The molecule has 2 heterocycles. The largest absolute Gasteiger partial charge is 0.457 e. The van der Waals surface area contributed by atoms with Gasteiger partial charge in [-0.2, -0.15) is 0 Å². The summed E-state index contributed by atoms with van der Waals surface area (Å²) in [5, 5.41) is 6.29. The van der Waals surface area contributed by atoms with Crippen LogP contribution in [0.1, 0.15) is 116 Å². The lowest BCUT2D eigenvalue weighted by molar-refractivity contribution is 0.483. The van der Waals surface area contributed by atoms with Crippen molar-refractivity contribution in [2.24, 2.45) is 0 Å². The maximum Gasteiger partial charge on any atom is 0.137 e. The lowest BCUT2D eigenvalue weighted by Crippen LogP contribution is -2.17. The Kier molecular flexibility index (Phi) is 11.5. The van der Waals surface area contributed by atoms with Crippen LogP contribution in [-0.4, -0.2) is 16.6 Å². The molecule has 5 heteroatoms. The Bertz CT molecular complexity index is 3010. The number of anilines is 4. The number of fused-ring (bicyclic) bond motifs is 3. The van der Waals surface area contributed by atoms with Crippen LogP contribution >= 0.6 is 0 Å². The fourth-order valence-corrected chi connectivity index (χ4v) is 8.97. The first-order valence-electron chi connectivity index (χ1n) is 23.2. The van der Waals surface area contributed by atoms with Crippen LogP contribution in [0.25, 0.3) is 38.8 Å². The predicted octanol–water partition coefficient (Wildman–Crippen LogP) is 17.0. The molecule has 2 aromatic heterocycles. The zero-order chi connectivity index (χ0) is 46.8. The number of pyridine rings is 1. The van der Waals surface area contributed by atoms with E-state index in [4.69, 9.17) is 9.72 Å². The number of hydrogen-bond acceptors (Lipinski definition) is 4. The number of rotatable bonds is 8. The van der Waals surface area contributed by atoms with Crippen molar-refractivity contribution in [1.82, 2.24) is 9.55 Å². The van der Waals surface area contributed by atoms with E-state index in [9.17, 15) is 0 Å². The summed E-state index contributed by atoms with van der Waals surface area (Å²) in [6.07, 6.45) is 1.94.